The van der Waals surface area contributed by atoms with Gasteiger partial charge in [-0.1, -0.05) is 79.7 Å². The first-order valence-electron chi connectivity index (χ1n) is 11.6. The zero-order chi connectivity index (χ0) is 23.5. The van der Waals surface area contributed by atoms with Gasteiger partial charge in [0.05, 0.1) is 11.6 Å². The molecule has 7 heteroatoms. The van der Waals surface area contributed by atoms with Crippen LogP contribution in [0.2, 0.25) is 0 Å². The van der Waals surface area contributed by atoms with Gasteiger partial charge in [-0.25, -0.2) is 4.39 Å². The fraction of sp³-hybridized carbons (Fsp3) is 0.296. The number of benzene rings is 3. The predicted octanol–water partition coefficient (Wildman–Crippen LogP) is 5.49. The molecule has 174 valence electrons. The van der Waals surface area contributed by atoms with E-state index in [-0.39, 0.29) is 23.5 Å². The van der Waals surface area contributed by atoms with Crippen LogP contribution < -0.4 is 0 Å². The maximum Gasteiger partial charge on any atom is 0.207 e. The molecular weight excluding hydrogens is 432 g/mol. The van der Waals surface area contributed by atoms with E-state index in [9.17, 15) is 0 Å². The molecule has 0 bridgehead atoms. The lowest BCUT2D eigenvalue weighted by Gasteiger charge is -2.55. The third-order valence-electron chi connectivity index (χ3n) is 7.25. The fourth-order valence-electron chi connectivity index (χ4n) is 5.38. The average molecular weight is 460 g/mol. The van der Waals surface area contributed by atoms with Gasteiger partial charge < -0.3 is 0 Å². The Kier molecular flexibility index (Phi) is 6.20. The van der Waals surface area contributed by atoms with Gasteiger partial charge in [0.25, 0.3) is 0 Å². The van der Waals surface area contributed by atoms with Crippen LogP contribution in [-0.4, -0.2) is 44.8 Å². The highest BCUT2D eigenvalue weighted by molar-refractivity contribution is 5.58. The Morgan fingerprint density at radius 1 is 1.00 bits per heavy atom. The minimum absolute atomic E-state index is 0.0397. The van der Waals surface area contributed by atoms with E-state index in [1.807, 2.05) is 43.3 Å². The molecule has 1 fully saturated rings. The molecule has 0 spiro atoms. The first-order valence-corrected chi connectivity index (χ1v) is 11.6. The molecule has 2 heterocycles. The van der Waals surface area contributed by atoms with E-state index in [1.165, 1.54) is 0 Å². The summed E-state index contributed by atoms with van der Waals surface area (Å²) in [6, 6.07) is 25.4. The second-order valence-electron chi connectivity index (χ2n) is 8.81. The summed E-state index contributed by atoms with van der Waals surface area (Å²) in [6.45, 7) is 2.09. The van der Waals surface area contributed by atoms with E-state index in [1.54, 1.807) is 18.2 Å². The lowest BCUT2D eigenvalue weighted by molar-refractivity contribution is -0.0130. The molecule has 1 aromatic heterocycles. The maximum absolute atomic E-state index is 15.9. The molecule has 1 saturated heterocycles. The van der Waals surface area contributed by atoms with Gasteiger partial charge in [0.1, 0.15) is 12.5 Å². The van der Waals surface area contributed by atoms with Gasteiger partial charge in [-0.05, 0) is 40.8 Å². The van der Waals surface area contributed by atoms with Crippen LogP contribution >= 0.6 is 0 Å². The summed E-state index contributed by atoms with van der Waals surface area (Å²) in [7, 11) is 0. The van der Waals surface area contributed by atoms with Gasteiger partial charge in [0.2, 0.25) is 5.82 Å². The molecule has 4 aromatic rings. The minimum Gasteiger partial charge on any atom is -0.288 e. The van der Waals surface area contributed by atoms with Crippen LogP contribution in [0.25, 0.3) is 11.4 Å². The SMILES string of the molecule is CCC(CF)(c1cccc(-c2nn[nH]n2)c1F)C1CCN1C(c1ccccc1)c1ccccc1. The molecular formula is C27H27F2N5. The molecule has 1 aliphatic rings. The number of tetrazole rings is 1. The zero-order valence-electron chi connectivity index (χ0n) is 19.0. The Labute approximate surface area is 197 Å². The quantitative estimate of drug-likeness (QED) is 0.379. The summed E-state index contributed by atoms with van der Waals surface area (Å²) in [5, 5.41) is 13.8. The van der Waals surface area contributed by atoms with E-state index in [0.717, 1.165) is 24.1 Å². The highest BCUT2D eigenvalue weighted by Gasteiger charge is 2.50. The van der Waals surface area contributed by atoms with Crippen molar-refractivity contribution in [3.63, 3.8) is 0 Å². The van der Waals surface area contributed by atoms with Crippen molar-refractivity contribution in [2.24, 2.45) is 0 Å². The molecule has 2 atom stereocenters. The van der Waals surface area contributed by atoms with E-state index < -0.39 is 17.9 Å². The molecule has 0 amide bonds. The number of nitrogens with zero attached hydrogens (tertiary/aromatic N) is 4. The van der Waals surface area contributed by atoms with E-state index in [4.69, 9.17) is 0 Å². The third-order valence-corrected chi connectivity index (χ3v) is 7.25. The number of aromatic amines is 1. The smallest absolute Gasteiger partial charge is 0.207 e. The largest absolute Gasteiger partial charge is 0.288 e. The van der Waals surface area contributed by atoms with E-state index in [0.29, 0.717) is 12.0 Å². The van der Waals surface area contributed by atoms with Crippen molar-refractivity contribution in [3.8, 4) is 11.4 Å². The van der Waals surface area contributed by atoms with Crippen LogP contribution in [0.4, 0.5) is 8.78 Å². The molecule has 1 N–H and O–H groups in total. The summed E-state index contributed by atoms with van der Waals surface area (Å²) in [4.78, 5) is 2.33. The van der Waals surface area contributed by atoms with E-state index in [2.05, 4.69) is 49.8 Å². The predicted molar refractivity (Wildman–Crippen MR) is 127 cm³/mol. The summed E-state index contributed by atoms with van der Waals surface area (Å²) in [5.74, 6) is -0.314. The maximum atomic E-state index is 15.9. The number of hydrogen-bond acceptors (Lipinski definition) is 4. The van der Waals surface area contributed by atoms with Gasteiger partial charge in [-0.15, -0.1) is 10.2 Å². The number of hydrogen-bond donors (Lipinski definition) is 1. The monoisotopic (exact) mass is 459 g/mol. The Balaban J connectivity index is 1.59. The van der Waals surface area contributed by atoms with Crippen molar-refractivity contribution in [2.75, 3.05) is 13.2 Å². The molecule has 3 aromatic carbocycles. The van der Waals surface area contributed by atoms with Gasteiger partial charge in [0.15, 0.2) is 0 Å². The summed E-state index contributed by atoms with van der Waals surface area (Å²) >= 11 is 0. The van der Waals surface area contributed by atoms with Crippen molar-refractivity contribution in [1.82, 2.24) is 25.5 Å². The van der Waals surface area contributed by atoms with Gasteiger partial charge >= 0.3 is 0 Å². The minimum atomic E-state index is -0.996. The van der Waals surface area contributed by atoms with Gasteiger partial charge in [-0.3, -0.25) is 9.29 Å². The van der Waals surface area contributed by atoms with Crippen molar-refractivity contribution >= 4 is 0 Å². The van der Waals surface area contributed by atoms with E-state index >= 15 is 8.78 Å². The van der Waals surface area contributed by atoms with Crippen LogP contribution in [0.5, 0.6) is 0 Å². The number of halogens is 2. The second-order valence-corrected chi connectivity index (χ2v) is 8.81. The lowest BCUT2D eigenvalue weighted by Crippen LogP contribution is -2.61. The first-order chi connectivity index (χ1) is 16.7. The van der Waals surface area contributed by atoms with Crippen molar-refractivity contribution in [3.05, 3.63) is 101 Å². The molecule has 5 nitrogen and oxygen atoms in total. The number of aromatic nitrogens is 4. The molecule has 0 aliphatic carbocycles. The molecule has 0 saturated carbocycles. The molecule has 2 unspecified atom stereocenters. The summed E-state index contributed by atoms with van der Waals surface area (Å²) in [6.07, 6.45) is 1.26. The Morgan fingerprint density at radius 2 is 1.68 bits per heavy atom. The van der Waals surface area contributed by atoms with Gasteiger partial charge in [-0.2, -0.15) is 5.21 Å². The molecule has 34 heavy (non-hydrogen) atoms. The molecule has 5 rings (SSSR count). The molecule has 1 aliphatic heterocycles. The normalized spacial score (nSPS) is 17.9. The Bertz CT molecular complexity index is 1170. The number of rotatable bonds is 8. The zero-order valence-corrected chi connectivity index (χ0v) is 19.0. The number of likely N-dealkylation sites (tertiary alicyclic amines) is 1. The van der Waals surface area contributed by atoms with Crippen LogP contribution in [0.3, 0.4) is 0 Å². The van der Waals surface area contributed by atoms with Crippen LogP contribution in [0.15, 0.2) is 78.9 Å². The van der Waals surface area contributed by atoms with Crippen molar-refractivity contribution < 1.29 is 8.78 Å². The molecule has 0 radical (unpaired) electrons. The Morgan fingerprint density at radius 3 is 2.18 bits per heavy atom. The highest BCUT2D eigenvalue weighted by Crippen LogP contribution is 2.47. The van der Waals surface area contributed by atoms with Gasteiger partial charge in [0, 0.05) is 18.0 Å². The van der Waals surface area contributed by atoms with Crippen molar-refractivity contribution in [2.45, 2.75) is 37.3 Å². The van der Waals surface area contributed by atoms with Crippen LogP contribution in [0, 0.1) is 5.82 Å². The Hall–Kier alpha value is -3.45. The number of H-pyrrole nitrogens is 1. The second kappa shape index (κ2) is 9.43. The average Bonchev–Trinajstić information content (AvgIpc) is 3.41. The third kappa shape index (κ3) is 3.70. The van der Waals surface area contributed by atoms with Crippen LogP contribution in [0.1, 0.15) is 42.5 Å². The topological polar surface area (TPSA) is 57.7 Å². The first kappa shape index (κ1) is 22.3. The summed E-state index contributed by atoms with van der Waals surface area (Å²) < 4.78 is 31.0. The fourth-order valence-corrected chi connectivity index (χ4v) is 5.38. The van der Waals surface area contributed by atoms with Crippen LogP contribution in [-0.2, 0) is 5.41 Å². The number of alkyl halides is 1. The highest BCUT2D eigenvalue weighted by atomic mass is 19.1. The van der Waals surface area contributed by atoms with Crippen molar-refractivity contribution in [1.29, 1.82) is 0 Å². The lowest BCUT2D eigenvalue weighted by atomic mass is 9.67. The standard InChI is InChI=1S/C27H27F2N5/c1-2-27(18-28,22-15-9-14-21(24(22)29)26-30-32-33-31-26)23-16-17-34(23)25(19-10-5-3-6-11-19)20-12-7-4-8-13-20/h3-15,23,25H,2,16-18H2,1H3,(H,30,31,32,33). The number of nitrogens with one attached hydrogen (secondary N) is 1. The summed E-state index contributed by atoms with van der Waals surface area (Å²) in [5.41, 5.74) is 1.89.